The number of nitrogens with one attached hydrogen (secondary N) is 1. The largest absolute Gasteiger partial charge is 0.382 e. The summed E-state index contributed by atoms with van der Waals surface area (Å²) < 4.78 is 0. The highest BCUT2D eigenvalue weighted by molar-refractivity contribution is 6.37. The molecule has 102 valence electrons. The van der Waals surface area contributed by atoms with Crippen LogP contribution in [0.15, 0.2) is 6.07 Å². The second-order valence-electron chi connectivity index (χ2n) is 5.22. The summed E-state index contributed by atoms with van der Waals surface area (Å²) >= 11 is 11.9. The van der Waals surface area contributed by atoms with Crippen LogP contribution in [0.1, 0.15) is 27.7 Å². The third-order valence-corrected chi connectivity index (χ3v) is 3.77. The quantitative estimate of drug-likeness (QED) is 0.849. The van der Waals surface area contributed by atoms with Gasteiger partial charge in [-0.15, -0.1) is 0 Å². The summed E-state index contributed by atoms with van der Waals surface area (Å²) in [4.78, 5) is 4.17. The lowest BCUT2D eigenvalue weighted by molar-refractivity contribution is 0.304. The van der Waals surface area contributed by atoms with Crippen LogP contribution >= 0.6 is 23.2 Å². The molecule has 0 aliphatic carbocycles. The second kappa shape index (κ2) is 6.48. The van der Waals surface area contributed by atoms with E-state index in [0.29, 0.717) is 39.4 Å². The average molecular weight is 290 g/mol. The molecule has 0 atom stereocenters. The van der Waals surface area contributed by atoms with Gasteiger partial charge >= 0.3 is 0 Å². The Morgan fingerprint density at radius 1 is 1.17 bits per heavy atom. The highest BCUT2D eigenvalue weighted by atomic mass is 35.5. The summed E-state index contributed by atoms with van der Waals surface area (Å²) in [5.41, 5.74) is 5.67. The van der Waals surface area contributed by atoms with Crippen LogP contribution in [0.3, 0.4) is 0 Å². The number of hydrogen-bond donors (Lipinski definition) is 2. The van der Waals surface area contributed by atoms with Crippen LogP contribution in [0.5, 0.6) is 0 Å². The zero-order chi connectivity index (χ0) is 13.9. The lowest BCUT2D eigenvalue weighted by Gasteiger charge is -2.25. The smallest absolute Gasteiger partial charge is 0.147 e. The molecule has 0 radical (unpaired) electrons. The number of anilines is 2. The fraction of sp³-hybridized carbons (Fsp3) is 0.615. The van der Waals surface area contributed by atoms with Crippen LogP contribution in [0, 0.1) is 17.8 Å². The molecule has 0 aliphatic rings. The molecule has 3 N–H and O–H groups in total. The van der Waals surface area contributed by atoms with Gasteiger partial charge in [-0.3, -0.25) is 0 Å². The number of nitrogen functional groups attached to an aromatic ring is 1. The molecular weight excluding hydrogens is 269 g/mol. The predicted molar refractivity (Wildman–Crippen MR) is 80.3 cm³/mol. The van der Waals surface area contributed by atoms with Crippen molar-refractivity contribution in [3.05, 3.63) is 16.1 Å². The SMILES string of the molecule is CC(C)C(CNc1nc(N)c(Cl)cc1Cl)C(C)C. The maximum absolute atomic E-state index is 6.08. The molecule has 0 bridgehead atoms. The fourth-order valence-corrected chi connectivity index (χ4v) is 2.49. The van der Waals surface area contributed by atoms with Gasteiger partial charge in [-0.05, 0) is 23.8 Å². The average Bonchev–Trinajstić information content (AvgIpc) is 2.24. The predicted octanol–water partition coefficient (Wildman–Crippen LogP) is 4.31. The van der Waals surface area contributed by atoms with Gasteiger partial charge in [0.15, 0.2) is 0 Å². The van der Waals surface area contributed by atoms with Crippen molar-refractivity contribution in [2.75, 3.05) is 17.6 Å². The van der Waals surface area contributed by atoms with Gasteiger partial charge in [0.2, 0.25) is 0 Å². The molecule has 1 heterocycles. The van der Waals surface area contributed by atoms with E-state index in [1.165, 1.54) is 0 Å². The van der Waals surface area contributed by atoms with E-state index in [4.69, 9.17) is 28.9 Å². The number of rotatable bonds is 5. The molecule has 0 unspecified atom stereocenters. The van der Waals surface area contributed by atoms with E-state index in [-0.39, 0.29) is 0 Å². The molecule has 0 aromatic carbocycles. The molecule has 1 aromatic rings. The molecule has 0 aliphatic heterocycles. The maximum Gasteiger partial charge on any atom is 0.147 e. The van der Waals surface area contributed by atoms with Crippen LogP contribution in [0.2, 0.25) is 10.0 Å². The third kappa shape index (κ3) is 3.92. The van der Waals surface area contributed by atoms with Crippen molar-refractivity contribution in [2.24, 2.45) is 17.8 Å². The Labute approximate surface area is 119 Å². The van der Waals surface area contributed by atoms with Gasteiger partial charge in [0.25, 0.3) is 0 Å². The molecule has 0 saturated carbocycles. The highest BCUT2D eigenvalue weighted by Gasteiger charge is 2.18. The Balaban J connectivity index is 2.76. The highest BCUT2D eigenvalue weighted by Crippen LogP contribution is 2.28. The first-order chi connectivity index (χ1) is 8.32. The third-order valence-electron chi connectivity index (χ3n) is 3.17. The Morgan fingerprint density at radius 3 is 2.22 bits per heavy atom. The number of pyridine rings is 1. The molecule has 3 nitrogen and oxygen atoms in total. The minimum absolute atomic E-state index is 0.300. The number of hydrogen-bond acceptors (Lipinski definition) is 3. The summed E-state index contributed by atoms with van der Waals surface area (Å²) in [6, 6.07) is 1.62. The summed E-state index contributed by atoms with van der Waals surface area (Å²) in [6.07, 6.45) is 0. The van der Waals surface area contributed by atoms with Gasteiger partial charge in [0.05, 0.1) is 10.0 Å². The first-order valence-electron chi connectivity index (χ1n) is 6.18. The van der Waals surface area contributed by atoms with Crippen molar-refractivity contribution in [1.82, 2.24) is 4.98 Å². The second-order valence-corrected chi connectivity index (χ2v) is 6.03. The number of aromatic nitrogens is 1. The molecule has 0 fully saturated rings. The topological polar surface area (TPSA) is 50.9 Å². The van der Waals surface area contributed by atoms with E-state index in [2.05, 4.69) is 38.0 Å². The van der Waals surface area contributed by atoms with Gasteiger partial charge in [0, 0.05) is 6.54 Å². The van der Waals surface area contributed by atoms with Crippen LogP contribution in [0.4, 0.5) is 11.6 Å². The van der Waals surface area contributed by atoms with Crippen molar-refractivity contribution in [2.45, 2.75) is 27.7 Å². The molecule has 1 aromatic heterocycles. The molecule has 0 saturated heterocycles. The molecule has 1 rings (SSSR count). The molecule has 0 spiro atoms. The normalized spacial score (nSPS) is 11.6. The summed E-state index contributed by atoms with van der Waals surface area (Å²) in [5.74, 6) is 2.65. The Kier molecular flexibility index (Phi) is 5.54. The first kappa shape index (κ1) is 15.4. The van der Waals surface area contributed by atoms with E-state index in [1.54, 1.807) is 6.07 Å². The van der Waals surface area contributed by atoms with Crippen molar-refractivity contribution in [1.29, 1.82) is 0 Å². The minimum Gasteiger partial charge on any atom is -0.382 e. The van der Waals surface area contributed by atoms with Crippen molar-refractivity contribution < 1.29 is 0 Å². The molecule has 0 amide bonds. The van der Waals surface area contributed by atoms with E-state index in [9.17, 15) is 0 Å². The van der Waals surface area contributed by atoms with Crippen LogP contribution < -0.4 is 11.1 Å². The van der Waals surface area contributed by atoms with Crippen LogP contribution in [0.25, 0.3) is 0 Å². The van der Waals surface area contributed by atoms with Gasteiger partial charge < -0.3 is 11.1 Å². The van der Waals surface area contributed by atoms with Crippen LogP contribution in [-0.2, 0) is 0 Å². The molecule has 5 heteroatoms. The number of nitrogens with zero attached hydrogens (tertiary/aromatic N) is 1. The van der Waals surface area contributed by atoms with E-state index in [1.807, 2.05) is 0 Å². The zero-order valence-corrected chi connectivity index (χ0v) is 12.8. The summed E-state index contributed by atoms with van der Waals surface area (Å²) in [7, 11) is 0. The zero-order valence-electron chi connectivity index (χ0n) is 11.3. The van der Waals surface area contributed by atoms with E-state index >= 15 is 0 Å². The van der Waals surface area contributed by atoms with Crippen molar-refractivity contribution in [3.8, 4) is 0 Å². The minimum atomic E-state index is 0.300. The monoisotopic (exact) mass is 289 g/mol. The van der Waals surface area contributed by atoms with Crippen molar-refractivity contribution >= 4 is 34.8 Å². The lowest BCUT2D eigenvalue weighted by Crippen LogP contribution is -2.25. The Morgan fingerprint density at radius 2 is 1.72 bits per heavy atom. The lowest BCUT2D eigenvalue weighted by atomic mass is 9.85. The maximum atomic E-state index is 6.08. The van der Waals surface area contributed by atoms with Crippen molar-refractivity contribution in [3.63, 3.8) is 0 Å². The van der Waals surface area contributed by atoms with Gasteiger partial charge in [-0.2, -0.15) is 0 Å². The summed E-state index contributed by atoms with van der Waals surface area (Å²) in [5, 5.41) is 4.15. The van der Waals surface area contributed by atoms with Gasteiger partial charge in [-0.1, -0.05) is 50.9 Å². The number of nitrogens with two attached hydrogens (primary N) is 1. The van der Waals surface area contributed by atoms with Crippen LogP contribution in [-0.4, -0.2) is 11.5 Å². The first-order valence-corrected chi connectivity index (χ1v) is 6.94. The Bertz CT molecular complexity index is 397. The summed E-state index contributed by atoms with van der Waals surface area (Å²) in [6.45, 7) is 9.70. The molecular formula is C13H21Cl2N3. The standard InChI is InChI=1S/C13H21Cl2N3/c1-7(2)9(8(3)4)6-17-13-11(15)5-10(14)12(16)18-13/h5,7-9H,6H2,1-4H3,(H3,16,17,18). The van der Waals surface area contributed by atoms with Gasteiger partial charge in [0.1, 0.15) is 11.6 Å². The van der Waals surface area contributed by atoms with E-state index < -0.39 is 0 Å². The number of halogens is 2. The van der Waals surface area contributed by atoms with Gasteiger partial charge in [-0.25, -0.2) is 4.98 Å². The fourth-order valence-electron chi connectivity index (χ4n) is 2.06. The Hall–Kier alpha value is -0.670. The van der Waals surface area contributed by atoms with E-state index in [0.717, 1.165) is 6.54 Å². The molecule has 18 heavy (non-hydrogen) atoms.